The molecule has 6 rings (SSSR count). The van der Waals surface area contributed by atoms with Crippen molar-refractivity contribution in [3.8, 4) is 0 Å². The zero-order valence-corrected chi connectivity index (χ0v) is 13.9. The molecule has 116 valence electrons. The molecule has 4 fully saturated rings. The predicted molar refractivity (Wildman–Crippen MR) is 90.1 cm³/mol. The van der Waals surface area contributed by atoms with Gasteiger partial charge in [-0.3, -0.25) is 0 Å². The maximum atomic E-state index is 2.55. The topological polar surface area (TPSA) is 0 Å². The van der Waals surface area contributed by atoms with Gasteiger partial charge in [0.2, 0.25) is 0 Å². The highest BCUT2D eigenvalue weighted by Gasteiger charge is 2.52. The minimum absolute atomic E-state index is 0.935. The molecule has 0 heterocycles. The van der Waals surface area contributed by atoms with Gasteiger partial charge in [0.1, 0.15) is 0 Å². The van der Waals surface area contributed by atoms with Gasteiger partial charge in [0.15, 0.2) is 0 Å². The molecule has 0 nitrogen and oxygen atoms in total. The van der Waals surface area contributed by atoms with Crippen LogP contribution in [0.25, 0.3) is 0 Å². The first-order chi connectivity index (χ1) is 10.8. The Hall–Kier alpha value is -0.780. The highest BCUT2D eigenvalue weighted by Crippen LogP contribution is 2.63. The summed E-state index contributed by atoms with van der Waals surface area (Å²) in [6, 6.07) is 5.04. The van der Waals surface area contributed by atoms with Gasteiger partial charge in [-0.05, 0) is 116 Å². The lowest BCUT2D eigenvalue weighted by atomic mass is 9.78. The highest BCUT2D eigenvalue weighted by molar-refractivity contribution is 5.50. The number of benzene rings is 1. The predicted octanol–water partition coefficient (Wildman–Crippen LogP) is 5.58. The minimum Gasteiger partial charge on any atom is -0.0587 e. The molecule has 7 atom stereocenters. The molecule has 0 spiro atoms. The fourth-order valence-electron chi connectivity index (χ4n) is 7.88. The van der Waals surface area contributed by atoms with Crippen molar-refractivity contribution in [1.29, 1.82) is 0 Å². The van der Waals surface area contributed by atoms with Crippen LogP contribution in [0.2, 0.25) is 0 Å². The first-order valence-corrected chi connectivity index (χ1v) is 9.92. The van der Waals surface area contributed by atoms with Crippen molar-refractivity contribution in [3.63, 3.8) is 0 Å². The van der Waals surface area contributed by atoms with Crippen molar-refractivity contribution in [2.75, 3.05) is 0 Å². The second-order valence-electron chi connectivity index (χ2n) is 9.37. The van der Waals surface area contributed by atoms with Gasteiger partial charge in [-0.2, -0.15) is 0 Å². The van der Waals surface area contributed by atoms with E-state index in [1.807, 2.05) is 16.7 Å². The summed E-state index contributed by atoms with van der Waals surface area (Å²) in [4.78, 5) is 0. The van der Waals surface area contributed by atoms with Crippen molar-refractivity contribution in [2.24, 2.45) is 29.6 Å². The third-order valence-corrected chi connectivity index (χ3v) is 8.61. The molecule has 4 saturated carbocycles. The van der Waals surface area contributed by atoms with E-state index in [9.17, 15) is 0 Å². The molecule has 22 heavy (non-hydrogen) atoms. The number of aryl methyl sites for hydroxylation is 1. The lowest BCUT2D eigenvalue weighted by Crippen LogP contribution is -2.16. The van der Waals surface area contributed by atoms with Crippen LogP contribution >= 0.6 is 0 Å². The highest BCUT2D eigenvalue weighted by atomic mass is 14.6. The zero-order valence-electron chi connectivity index (χ0n) is 13.9. The summed E-state index contributed by atoms with van der Waals surface area (Å²) in [6.07, 6.45) is 12.2. The molecule has 5 aliphatic carbocycles. The molecule has 0 N–H and O–H groups in total. The van der Waals surface area contributed by atoms with Crippen LogP contribution in [0, 0.1) is 36.5 Å². The first kappa shape index (κ1) is 12.6. The fraction of sp³-hybridized carbons (Fsp3) is 0.727. The van der Waals surface area contributed by atoms with E-state index in [4.69, 9.17) is 0 Å². The number of rotatable bonds is 1. The number of hydrogen-bond acceptors (Lipinski definition) is 0. The molecular formula is C22H28. The Bertz CT molecular complexity index is 642. The van der Waals surface area contributed by atoms with Crippen molar-refractivity contribution in [3.05, 3.63) is 34.4 Å². The average molecular weight is 292 g/mol. The van der Waals surface area contributed by atoms with Gasteiger partial charge in [0.05, 0.1) is 0 Å². The standard InChI is InChI=1S/C22H28/c1-12-2-7-17-20(11-19-15-5-6-16(10-15)22(17)19)21(12)18-9-13-3-4-14(18)8-13/h2,7,13-16,18-19,22H,3-6,8-11H2,1H3/t13-,14+,15+,16-,18+,19-,22-/m1/s1. The van der Waals surface area contributed by atoms with Crippen LogP contribution in [-0.2, 0) is 6.42 Å². The van der Waals surface area contributed by atoms with Crippen LogP contribution in [0.1, 0.15) is 79.0 Å². The Morgan fingerprint density at radius 1 is 0.864 bits per heavy atom. The van der Waals surface area contributed by atoms with Gasteiger partial charge >= 0.3 is 0 Å². The Kier molecular flexibility index (Phi) is 2.40. The third kappa shape index (κ3) is 1.46. The summed E-state index contributed by atoms with van der Waals surface area (Å²) in [7, 11) is 0. The molecule has 5 aliphatic rings. The van der Waals surface area contributed by atoms with E-state index in [-0.39, 0.29) is 0 Å². The average Bonchev–Trinajstić information content (AvgIpc) is 3.30. The summed E-state index contributed by atoms with van der Waals surface area (Å²) in [5, 5.41) is 0. The van der Waals surface area contributed by atoms with E-state index >= 15 is 0 Å². The molecule has 0 unspecified atom stereocenters. The van der Waals surface area contributed by atoms with Crippen molar-refractivity contribution in [1.82, 2.24) is 0 Å². The van der Waals surface area contributed by atoms with E-state index in [0.29, 0.717) is 0 Å². The maximum absolute atomic E-state index is 2.55. The molecule has 1 aromatic rings. The van der Waals surface area contributed by atoms with E-state index < -0.39 is 0 Å². The second-order valence-corrected chi connectivity index (χ2v) is 9.37. The number of hydrogen-bond donors (Lipinski definition) is 0. The molecule has 1 aromatic carbocycles. The molecule has 0 aliphatic heterocycles. The monoisotopic (exact) mass is 292 g/mol. The first-order valence-electron chi connectivity index (χ1n) is 9.92. The van der Waals surface area contributed by atoms with Crippen LogP contribution in [-0.4, -0.2) is 0 Å². The summed E-state index contributed by atoms with van der Waals surface area (Å²) < 4.78 is 0. The zero-order chi connectivity index (χ0) is 14.4. The van der Waals surface area contributed by atoms with Crippen molar-refractivity contribution in [2.45, 2.75) is 70.1 Å². The molecular weight excluding hydrogens is 264 g/mol. The van der Waals surface area contributed by atoms with Gasteiger partial charge in [0, 0.05) is 0 Å². The van der Waals surface area contributed by atoms with Gasteiger partial charge in [-0.15, -0.1) is 0 Å². The molecule has 0 radical (unpaired) electrons. The van der Waals surface area contributed by atoms with Gasteiger partial charge in [-0.1, -0.05) is 18.6 Å². The Labute approximate surface area is 134 Å². The molecule has 0 saturated heterocycles. The Morgan fingerprint density at radius 2 is 1.73 bits per heavy atom. The Morgan fingerprint density at radius 3 is 2.55 bits per heavy atom. The Balaban J connectivity index is 1.47. The molecule has 0 amide bonds. The normalized spacial score (nSPS) is 47.2. The molecule has 4 bridgehead atoms. The van der Waals surface area contributed by atoms with E-state index in [1.165, 1.54) is 32.1 Å². The lowest BCUT2D eigenvalue weighted by Gasteiger charge is -2.27. The van der Waals surface area contributed by atoms with Crippen molar-refractivity contribution < 1.29 is 0 Å². The van der Waals surface area contributed by atoms with E-state index in [0.717, 1.165) is 41.4 Å². The fourth-order valence-corrected chi connectivity index (χ4v) is 7.88. The maximum Gasteiger partial charge on any atom is -0.00965 e. The van der Waals surface area contributed by atoms with Crippen LogP contribution in [0.3, 0.4) is 0 Å². The summed E-state index contributed by atoms with van der Waals surface area (Å²) in [6.45, 7) is 2.41. The smallest absolute Gasteiger partial charge is 0.00965 e. The lowest BCUT2D eigenvalue weighted by molar-refractivity contribution is 0.309. The van der Waals surface area contributed by atoms with Gasteiger partial charge in [-0.25, -0.2) is 0 Å². The van der Waals surface area contributed by atoms with Crippen LogP contribution in [0.15, 0.2) is 12.1 Å². The van der Waals surface area contributed by atoms with Crippen LogP contribution in [0.5, 0.6) is 0 Å². The third-order valence-electron chi connectivity index (χ3n) is 8.61. The minimum atomic E-state index is 0.935. The summed E-state index contributed by atoms with van der Waals surface area (Å²) in [5.41, 5.74) is 7.17. The number of fused-ring (bicyclic) bond motifs is 9. The van der Waals surface area contributed by atoms with Crippen LogP contribution < -0.4 is 0 Å². The SMILES string of the molecule is Cc1ccc2c(c1[C@H]1C[C@@H]3CC[C@H]1C3)C[C@@H]1[C@H]3CC[C@H](C3)[C@H]21. The van der Waals surface area contributed by atoms with E-state index in [1.54, 1.807) is 24.8 Å². The molecule has 0 aromatic heterocycles. The second kappa shape index (κ2) is 4.19. The van der Waals surface area contributed by atoms with E-state index in [2.05, 4.69) is 19.1 Å². The van der Waals surface area contributed by atoms with Crippen molar-refractivity contribution >= 4 is 0 Å². The molecule has 0 heteroatoms. The largest absolute Gasteiger partial charge is 0.0587 e. The van der Waals surface area contributed by atoms with Crippen LogP contribution in [0.4, 0.5) is 0 Å². The quantitative estimate of drug-likeness (QED) is 0.633. The van der Waals surface area contributed by atoms with Gasteiger partial charge in [0.25, 0.3) is 0 Å². The summed E-state index contributed by atoms with van der Waals surface area (Å²) in [5.74, 6) is 7.17. The van der Waals surface area contributed by atoms with Gasteiger partial charge < -0.3 is 0 Å². The summed E-state index contributed by atoms with van der Waals surface area (Å²) >= 11 is 0.